The fourth-order valence-corrected chi connectivity index (χ4v) is 3.55. The van der Waals surface area contributed by atoms with Gasteiger partial charge in [-0.05, 0) is 62.1 Å². The molecule has 0 bridgehead atoms. The fraction of sp³-hybridized carbons (Fsp3) is 0.619. The Hall–Kier alpha value is -2.04. The van der Waals surface area contributed by atoms with Crippen LogP contribution in [0.2, 0.25) is 0 Å². The van der Waals surface area contributed by atoms with Gasteiger partial charge in [-0.25, -0.2) is 0 Å². The van der Waals surface area contributed by atoms with Crippen LogP contribution in [0, 0.1) is 12.8 Å². The van der Waals surface area contributed by atoms with E-state index in [-0.39, 0.29) is 18.2 Å². The first-order valence-corrected chi connectivity index (χ1v) is 9.55. The number of piperidine rings is 1. The third-order valence-electron chi connectivity index (χ3n) is 5.04. The van der Waals surface area contributed by atoms with Crippen molar-refractivity contribution in [2.75, 3.05) is 13.1 Å². The Morgan fingerprint density at radius 2 is 2.04 bits per heavy atom. The number of benzene rings is 1. The van der Waals surface area contributed by atoms with Crippen molar-refractivity contribution in [1.29, 1.82) is 0 Å². The summed E-state index contributed by atoms with van der Waals surface area (Å²) < 4.78 is 6.05. The van der Waals surface area contributed by atoms with Crippen LogP contribution in [-0.2, 0) is 9.59 Å². The molecule has 0 saturated carbocycles. The van der Waals surface area contributed by atoms with Crippen LogP contribution >= 0.6 is 0 Å². The number of carboxylic acid groups (broad SMARTS) is 1. The molecule has 1 saturated heterocycles. The van der Waals surface area contributed by atoms with Crippen molar-refractivity contribution in [3.8, 4) is 5.75 Å². The number of hydrogen-bond donors (Lipinski definition) is 1. The molecule has 1 amide bonds. The minimum atomic E-state index is -0.772. The van der Waals surface area contributed by atoms with Gasteiger partial charge in [0.15, 0.2) is 6.10 Å². The maximum Gasteiger partial charge on any atom is 0.303 e. The summed E-state index contributed by atoms with van der Waals surface area (Å²) in [7, 11) is 0. The van der Waals surface area contributed by atoms with E-state index in [4.69, 9.17) is 9.84 Å². The van der Waals surface area contributed by atoms with Crippen molar-refractivity contribution < 1.29 is 19.4 Å². The van der Waals surface area contributed by atoms with E-state index in [1.54, 1.807) is 6.92 Å². The maximum atomic E-state index is 12.8. The van der Waals surface area contributed by atoms with Crippen LogP contribution in [0.1, 0.15) is 63.5 Å². The van der Waals surface area contributed by atoms with Crippen LogP contribution in [0.25, 0.3) is 0 Å². The number of aryl methyl sites for hydroxylation is 1. The molecule has 1 heterocycles. The van der Waals surface area contributed by atoms with Crippen LogP contribution in [0.15, 0.2) is 18.2 Å². The van der Waals surface area contributed by atoms with Gasteiger partial charge >= 0.3 is 5.97 Å². The normalized spacial score (nSPS) is 18.7. The van der Waals surface area contributed by atoms with Crippen molar-refractivity contribution in [3.63, 3.8) is 0 Å². The number of amides is 1. The van der Waals surface area contributed by atoms with Crippen LogP contribution in [-0.4, -0.2) is 41.1 Å². The summed E-state index contributed by atoms with van der Waals surface area (Å²) >= 11 is 0. The molecule has 2 rings (SSSR count). The van der Waals surface area contributed by atoms with Gasteiger partial charge in [0.1, 0.15) is 5.75 Å². The van der Waals surface area contributed by atoms with E-state index in [1.165, 1.54) is 0 Å². The Bertz CT molecular complexity index is 641. The zero-order valence-electron chi connectivity index (χ0n) is 16.3. The minimum absolute atomic E-state index is 0.0127. The van der Waals surface area contributed by atoms with Crippen LogP contribution in [0.3, 0.4) is 0 Å². The quantitative estimate of drug-likeness (QED) is 0.797. The first kappa shape index (κ1) is 20.3. The summed E-state index contributed by atoms with van der Waals surface area (Å²) in [4.78, 5) is 25.5. The summed E-state index contributed by atoms with van der Waals surface area (Å²) in [6.45, 7) is 9.39. The number of ether oxygens (including phenoxy) is 1. The van der Waals surface area contributed by atoms with E-state index in [1.807, 2.05) is 17.9 Å². The lowest BCUT2D eigenvalue weighted by Gasteiger charge is -2.34. The van der Waals surface area contributed by atoms with E-state index in [0.717, 1.165) is 36.3 Å². The van der Waals surface area contributed by atoms with Gasteiger partial charge in [0.05, 0.1) is 0 Å². The zero-order valence-corrected chi connectivity index (χ0v) is 16.3. The van der Waals surface area contributed by atoms with Crippen molar-refractivity contribution in [1.82, 2.24) is 4.90 Å². The van der Waals surface area contributed by atoms with Crippen LogP contribution in [0.5, 0.6) is 5.75 Å². The number of carbonyl (C=O) groups excluding carboxylic acids is 1. The highest BCUT2D eigenvalue weighted by Gasteiger charge is 2.28. The number of likely N-dealkylation sites (tertiary alicyclic amines) is 1. The maximum absolute atomic E-state index is 12.8. The van der Waals surface area contributed by atoms with Gasteiger partial charge in [-0.2, -0.15) is 0 Å². The second-order valence-corrected chi connectivity index (χ2v) is 7.68. The molecular weight excluding hydrogens is 330 g/mol. The molecule has 0 radical (unpaired) electrons. The molecule has 0 aromatic heterocycles. The summed E-state index contributed by atoms with van der Waals surface area (Å²) in [6.07, 6.45) is 2.16. The predicted octanol–water partition coefficient (Wildman–Crippen LogP) is 3.99. The van der Waals surface area contributed by atoms with Gasteiger partial charge in [-0.1, -0.05) is 26.0 Å². The van der Waals surface area contributed by atoms with Crippen molar-refractivity contribution in [3.05, 3.63) is 29.3 Å². The molecule has 1 aliphatic heterocycles. The molecule has 144 valence electrons. The monoisotopic (exact) mass is 361 g/mol. The Balaban J connectivity index is 2.01. The Labute approximate surface area is 156 Å². The molecule has 1 aromatic rings. The fourth-order valence-electron chi connectivity index (χ4n) is 3.55. The lowest BCUT2D eigenvalue weighted by atomic mass is 9.93. The number of hydrogen-bond acceptors (Lipinski definition) is 3. The van der Waals surface area contributed by atoms with E-state index < -0.39 is 12.1 Å². The smallest absolute Gasteiger partial charge is 0.303 e. The highest BCUT2D eigenvalue weighted by molar-refractivity contribution is 5.81. The zero-order chi connectivity index (χ0) is 19.3. The lowest BCUT2D eigenvalue weighted by Crippen LogP contribution is -2.45. The first-order chi connectivity index (χ1) is 12.3. The van der Waals surface area contributed by atoms with E-state index in [0.29, 0.717) is 18.9 Å². The molecule has 2 unspecified atom stereocenters. The molecule has 5 nitrogen and oxygen atoms in total. The largest absolute Gasteiger partial charge is 0.481 e. The van der Waals surface area contributed by atoms with Crippen LogP contribution in [0.4, 0.5) is 0 Å². The van der Waals surface area contributed by atoms with Gasteiger partial charge in [-0.3, -0.25) is 9.59 Å². The third-order valence-corrected chi connectivity index (χ3v) is 5.04. The highest BCUT2D eigenvalue weighted by atomic mass is 16.5. The molecule has 1 fully saturated rings. The molecule has 0 aliphatic carbocycles. The Kier molecular flexibility index (Phi) is 7.06. The summed E-state index contributed by atoms with van der Waals surface area (Å²) in [5.74, 6) is 0.580. The molecule has 1 aromatic carbocycles. The van der Waals surface area contributed by atoms with E-state index in [9.17, 15) is 9.59 Å². The van der Waals surface area contributed by atoms with Crippen molar-refractivity contribution in [2.45, 2.75) is 65.4 Å². The molecular formula is C21H31NO4. The highest BCUT2D eigenvalue weighted by Crippen LogP contribution is 2.29. The van der Waals surface area contributed by atoms with Crippen molar-refractivity contribution >= 4 is 11.9 Å². The van der Waals surface area contributed by atoms with E-state index >= 15 is 0 Å². The average Bonchev–Trinajstić information content (AvgIpc) is 2.59. The molecule has 26 heavy (non-hydrogen) atoms. The third kappa shape index (κ3) is 5.48. The summed E-state index contributed by atoms with van der Waals surface area (Å²) in [6, 6.07) is 6.12. The van der Waals surface area contributed by atoms with Crippen LogP contribution < -0.4 is 4.74 Å². The Morgan fingerprint density at radius 1 is 1.31 bits per heavy atom. The molecule has 5 heteroatoms. The van der Waals surface area contributed by atoms with Gasteiger partial charge in [0.25, 0.3) is 5.91 Å². The number of rotatable bonds is 7. The van der Waals surface area contributed by atoms with Gasteiger partial charge in [0, 0.05) is 19.5 Å². The second kappa shape index (κ2) is 9.06. The number of carboxylic acids is 1. The second-order valence-electron chi connectivity index (χ2n) is 7.68. The standard InChI is InChI=1S/C21H31NO4/c1-14(2)18-9-7-15(3)12-19(18)26-16(4)21(25)22-11-5-6-17(13-22)8-10-20(23)24/h7,9,12,14,16-17H,5-6,8,10-11,13H2,1-4H3,(H,23,24). The first-order valence-electron chi connectivity index (χ1n) is 9.55. The van der Waals surface area contributed by atoms with Gasteiger partial charge in [0.2, 0.25) is 0 Å². The summed E-state index contributed by atoms with van der Waals surface area (Å²) in [5.41, 5.74) is 2.21. The van der Waals surface area contributed by atoms with Gasteiger partial charge in [-0.15, -0.1) is 0 Å². The van der Waals surface area contributed by atoms with Crippen molar-refractivity contribution in [2.24, 2.45) is 5.92 Å². The van der Waals surface area contributed by atoms with E-state index in [2.05, 4.69) is 26.0 Å². The van der Waals surface area contributed by atoms with Gasteiger partial charge < -0.3 is 14.7 Å². The summed E-state index contributed by atoms with van der Waals surface area (Å²) in [5, 5.41) is 8.86. The molecule has 0 spiro atoms. The topological polar surface area (TPSA) is 66.8 Å². The minimum Gasteiger partial charge on any atom is -0.481 e. The lowest BCUT2D eigenvalue weighted by molar-refractivity contribution is -0.140. The number of carbonyl (C=O) groups is 2. The molecule has 2 atom stereocenters. The molecule has 1 N–H and O–H groups in total. The number of nitrogens with zero attached hydrogens (tertiary/aromatic N) is 1. The Morgan fingerprint density at radius 3 is 2.69 bits per heavy atom. The number of aliphatic carboxylic acids is 1. The SMILES string of the molecule is Cc1ccc(C(C)C)c(OC(C)C(=O)N2CCCC(CCC(=O)O)C2)c1. The molecule has 1 aliphatic rings. The average molecular weight is 361 g/mol. The predicted molar refractivity (Wildman–Crippen MR) is 102 cm³/mol.